The summed E-state index contributed by atoms with van der Waals surface area (Å²) in [6.07, 6.45) is 3.52. The van der Waals surface area contributed by atoms with E-state index in [-0.39, 0.29) is 10.6 Å². The second-order valence-corrected chi connectivity index (χ2v) is 7.37. The van der Waals surface area contributed by atoms with E-state index in [0.717, 1.165) is 5.56 Å². The van der Waals surface area contributed by atoms with E-state index >= 15 is 0 Å². The monoisotopic (exact) mass is 446 g/mol. The first kappa shape index (κ1) is 21.3. The first-order chi connectivity index (χ1) is 15.4. The number of nitrogens with one attached hydrogen (secondary N) is 1. The van der Waals surface area contributed by atoms with E-state index < -0.39 is 17.5 Å². The summed E-state index contributed by atoms with van der Waals surface area (Å²) in [5, 5.41) is 2.61. The Morgan fingerprint density at radius 3 is 2.78 bits per heavy atom. The van der Waals surface area contributed by atoms with Crippen molar-refractivity contribution in [3.05, 3.63) is 93.4 Å². The van der Waals surface area contributed by atoms with Crippen LogP contribution in [0.3, 0.4) is 0 Å². The lowest BCUT2D eigenvalue weighted by atomic mass is 9.93. The fourth-order valence-corrected chi connectivity index (χ4v) is 3.37. The maximum absolute atomic E-state index is 13.4. The van der Waals surface area contributed by atoms with Gasteiger partial charge in [-0.25, -0.2) is 9.37 Å². The number of ether oxygens (including phenoxy) is 1. The third-order valence-corrected chi connectivity index (χ3v) is 5.08. The Balaban J connectivity index is 1.60. The Bertz CT molecular complexity index is 1340. The molecule has 0 unspecified atom stereocenters. The number of hydrogen-bond donors (Lipinski definition) is 1. The van der Waals surface area contributed by atoms with E-state index in [4.69, 9.17) is 16.3 Å². The molecule has 3 aromatic rings. The van der Waals surface area contributed by atoms with E-state index in [0.29, 0.717) is 34.7 Å². The van der Waals surface area contributed by atoms with Gasteiger partial charge in [0.2, 0.25) is 11.7 Å². The normalized spacial score (nSPS) is 13.8. The van der Waals surface area contributed by atoms with Gasteiger partial charge in [0.15, 0.2) is 0 Å². The lowest BCUT2D eigenvalue weighted by Crippen LogP contribution is -2.27. The van der Waals surface area contributed by atoms with Crippen LogP contribution >= 0.6 is 11.6 Å². The number of hydrogen-bond acceptors (Lipinski definition) is 4. The number of aromatic nitrogens is 1. The minimum absolute atomic E-state index is 0.0610. The smallest absolute Gasteiger partial charge is 0.259 e. The van der Waals surface area contributed by atoms with Gasteiger partial charge in [-0.3, -0.25) is 9.59 Å². The first-order valence-electron chi connectivity index (χ1n) is 9.59. The molecule has 158 valence electrons. The molecule has 0 aliphatic carbocycles. The minimum Gasteiger partial charge on any atom is -0.481 e. The van der Waals surface area contributed by atoms with Gasteiger partial charge in [0.05, 0.1) is 23.4 Å². The molecule has 0 saturated heterocycles. The largest absolute Gasteiger partial charge is 0.481 e. The van der Waals surface area contributed by atoms with Gasteiger partial charge in [0.25, 0.3) is 5.91 Å². The number of Topliss-reactive ketones (excluding diaryl/α,β-unsaturated/α-hetero) is 1. The zero-order chi connectivity index (χ0) is 22.7. The first-order valence-corrected chi connectivity index (χ1v) is 9.97. The summed E-state index contributed by atoms with van der Waals surface area (Å²) in [5.74, 6) is 5.07. The van der Waals surface area contributed by atoms with Crippen LogP contribution in [0.2, 0.25) is 5.02 Å². The van der Waals surface area contributed by atoms with Crippen LogP contribution in [0.5, 0.6) is 5.88 Å². The number of carbonyl (C=O) groups excluding carboxylic acids is 2. The summed E-state index contributed by atoms with van der Waals surface area (Å²) in [7, 11) is 1.55. The van der Waals surface area contributed by atoms with Gasteiger partial charge in [-0.05, 0) is 53.6 Å². The number of benzene rings is 2. The van der Waals surface area contributed by atoms with Crippen LogP contribution in [-0.4, -0.2) is 23.8 Å². The van der Waals surface area contributed by atoms with Gasteiger partial charge in [-0.1, -0.05) is 29.5 Å². The second kappa shape index (κ2) is 9.04. The number of ketones is 1. The lowest BCUT2D eigenvalue weighted by Gasteiger charge is -2.18. The van der Waals surface area contributed by atoms with Crippen LogP contribution < -0.4 is 10.1 Å². The van der Waals surface area contributed by atoms with Crippen molar-refractivity contribution in [3.8, 4) is 17.7 Å². The summed E-state index contributed by atoms with van der Waals surface area (Å²) in [4.78, 5) is 29.5. The molecule has 1 N–H and O–H groups in total. The topological polar surface area (TPSA) is 68.3 Å². The van der Waals surface area contributed by atoms with Crippen molar-refractivity contribution >= 4 is 35.1 Å². The lowest BCUT2D eigenvalue weighted by molar-refractivity contribution is -0.112. The molecule has 0 spiro atoms. The molecule has 1 aliphatic rings. The molecule has 0 fully saturated rings. The molecule has 2 aromatic carbocycles. The minimum atomic E-state index is -0.577. The zero-order valence-electron chi connectivity index (χ0n) is 16.9. The molecule has 32 heavy (non-hydrogen) atoms. The number of amides is 1. The molecule has 4 rings (SSSR count). The quantitative estimate of drug-likeness (QED) is 0.360. The Kier molecular flexibility index (Phi) is 6.02. The van der Waals surface area contributed by atoms with E-state index in [1.165, 1.54) is 24.3 Å². The number of nitrogens with zero attached hydrogens (tertiary/aromatic N) is 1. The van der Waals surface area contributed by atoms with Crippen LogP contribution in [0.4, 0.5) is 10.1 Å². The van der Waals surface area contributed by atoms with E-state index in [2.05, 4.69) is 22.1 Å². The average Bonchev–Trinajstić information content (AvgIpc) is 2.79. The highest BCUT2D eigenvalue weighted by Gasteiger charge is 2.28. The zero-order valence-corrected chi connectivity index (χ0v) is 17.7. The summed E-state index contributed by atoms with van der Waals surface area (Å²) < 4.78 is 18.5. The average molecular weight is 447 g/mol. The molecule has 0 atom stereocenters. The predicted molar refractivity (Wildman–Crippen MR) is 120 cm³/mol. The van der Waals surface area contributed by atoms with Crippen molar-refractivity contribution in [1.82, 2.24) is 4.98 Å². The van der Waals surface area contributed by atoms with Crippen molar-refractivity contribution in [3.63, 3.8) is 0 Å². The van der Waals surface area contributed by atoms with Crippen molar-refractivity contribution in [2.75, 3.05) is 12.4 Å². The summed E-state index contributed by atoms with van der Waals surface area (Å²) in [5.41, 5.74) is 2.73. The highest BCUT2D eigenvalue weighted by Crippen LogP contribution is 2.28. The summed E-state index contributed by atoms with van der Waals surface area (Å²) in [6, 6.07) is 12.7. The molecule has 5 nitrogen and oxygen atoms in total. The SMILES string of the molecule is COc1cc(CC#Cc2ccc3c(c2)C(=O)/C(=C/c2ccc(F)c(Cl)c2)C(=O)N3)ccn1. The molecule has 2 heterocycles. The number of halogens is 2. The predicted octanol–water partition coefficient (Wildman–Crippen LogP) is 4.70. The van der Waals surface area contributed by atoms with Gasteiger partial charge < -0.3 is 10.1 Å². The molecule has 7 heteroatoms. The van der Waals surface area contributed by atoms with Crippen molar-refractivity contribution in [2.45, 2.75) is 6.42 Å². The van der Waals surface area contributed by atoms with Crippen LogP contribution in [0.25, 0.3) is 6.08 Å². The van der Waals surface area contributed by atoms with Gasteiger partial charge in [-0.2, -0.15) is 0 Å². The Hall–Kier alpha value is -3.95. The highest BCUT2D eigenvalue weighted by atomic mass is 35.5. The number of methoxy groups -OCH3 is 1. The van der Waals surface area contributed by atoms with Gasteiger partial charge in [0.1, 0.15) is 5.82 Å². The van der Waals surface area contributed by atoms with Crippen molar-refractivity contribution in [2.24, 2.45) is 0 Å². The van der Waals surface area contributed by atoms with Crippen molar-refractivity contribution < 1.29 is 18.7 Å². The Morgan fingerprint density at radius 1 is 1.16 bits per heavy atom. The second-order valence-electron chi connectivity index (χ2n) is 6.96. The Morgan fingerprint density at radius 2 is 2.00 bits per heavy atom. The molecule has 0 saturated carbocycles. The van der Waals surface area contributed by atoms with Gasteiger partial charge in [0, 0.05) is 29.8 Å². The number of rotatable bonds is 3. The molecule has 1 aromatic heterocycles. The molecular weight excluding hydrogens is 431 g/mol. The summed E-state index contributed by atoms with van der Waals surface area (Å²) in [6.45, 7) is 0. The highest BCUT2D eigenvalue weighted by molar-refractivity contribution is 6.36. The third kappa shape index (κ3) is 4.53. The van der Waals surface area contributed by atoms with Crippen LogP contribution in [0.1, 0.15) is 27.0 Å². The van der Waals surface area contributed by atoms with Crippen molar-refractivity contribution in [1.29, 1.82) is 0 Å². The van der Waals surface area contributed by atoms with Gasteiger partial charge >= 0.3 is 0 Å². The number of fused-ring (bicyclic) bond motifs is 1. The molecule has 0 radical (unpaired) electrons. The fraction of sp³-hybridized carbons (Fsp3) is 0.0800. The van der Waals surface area contributed by atoms with Gasteiger partial charge in [-0.15, -0.1) is 0 Å². The maximum Gasteiger partial charge on any atom is 0.259 e. The number of carbonyl (C=O) groups is 2. The Labute approximate surface area is 188 Å². The molecule has 1 amide bonds. The number of anilines is 1. The number of pyridine rings is 1. The molecular formula is C25H16ClFN2O3. The van der Waals surface area contributed by atoms with E-state index in [1.807, 2.05) is 6.07 Å². The van der Waals surface area contributed by atoms with E-state index in [9.17, 15) is 14.0 Å². The summed E-state index contributed by atoms with van der Waals surface area (Å²) >= 11 is 5.80. The van der Waals surface area contributed by atoms with E-state index in [1.54, 1.807) is 37.6 Å². The third-order valence-electron chi connectivity index (χ3n) is 4.79. The molecule has 0 bridgehead atoms. The van der Waals surface area contributed by atoms with Crippen LogP contribution in [-0.2, 0) is 11.2 Å². The molecule has 1 aliphatic heterocycles. The van der Waals surface area contributed by atoms with Crippen LogP contribution in [0.15, 0.2) is 60.3 Å². The maximum atomic E-state index is 13.4. The van der Waals surface area contributed by atoms with Crippen LogP contribution in [0, 0.1) is 17.7 Å². The fourth-order valence-electron chi connectivity index (χ4n) is 3.18. The standard InChI is InChI=1S/C25H16ClFN2O3/c1-32-23-14-16(9-10-28-23)4-2-3-15-6-8-22-18(11-15)24(30)19(25(31)29-22)12-17-5-7-21(27)20(26)13-17/h5-14H,4H2,1H3,(H,29,31)/b19-12-.